The third-order valence-corrected chi connectivity index (χ3v) is 3.89. The lowest BCUT2D eigenvalue weighted by atomic mass is 9.98. The Balaban J connectivity index is 2.17. The molecule has 0 aliphatic rings. The Morgan fingerprint density at radius 1 is 1.21 bits per heavy atom. The van der Waals surface area contributed by atoms with Crippen molar-refractivity contribution in [3.63, 3.8) is 0 Å². The minimum Gasteiger partial charge on any atom is -0.507 e. The van der Waals surface area contributed by atoms with Crippen molar-refractivity contribution >= 4 is 28.6 Å². The number of nitro groups is 1. The number of hydrogen-bond donors (Lipinski definition) is 1. The number of phenols is 1. The van der Waals surface area contributed by atoms with E-state index in [2.05, 4.69) is 0 Å². The smallest absolute Gasteiger partial charge is 0.276 e. The average Bonchev–Trinajstić information content (AvgIpc) is 2.47. The molecule has 2 rings (SSSR count). The number of ketones is 1. The van der Waals surface area contributed by atoms with Crippen LogP contribution in [0.25, 0.3) is 0 Å². The van der Waals surface area contributed by atoms with Crippen molar-refractivity contribution in [1.82, 2.24) is 0 Å². The van der Waals surface area contributed by atoms with Gasteiger partial charge in [0.05, 0.1) is 10.5 Å². The van der Waals surface area contributed by atoms with Gasteiger partial charge in [0.1, 0.15) is 5.75 Å². The maximum atomic E-state index is 12.4. The third kappa shape index (κ3) is 4.23. The van der Waals surface area contributed by atoms with E-state index in [-0.39, 0.29) is 35.6 Å². The van der Waals surface area contributed by atoms with Crippen molar-refractivity contribution in [3.05, 3.63) is 68.8 Å². The van der Waals surface area contributed by atoms with Gasteiger partial charge in [-0.1, -0.05) is 35.5 Å². The fourth-order valence-electron chi connectivity index (χ4n) is 2.59. The van der Waals surface area contributed by atoms with Crippen molar-refractivity contribution in [2.75, 3.05) is 0 Å². The second-order valence-corrected chi connectivity index (χ2v) is 6.30. The maximum Gasteiger partial charge on any atom is 0.276 e. The van der Waals surface area contributed by atoms with Gasteiger partial charge in [-0.25, -0.2) is 0 Å². The van der Waals surface area contributed by atoms with Gasteiger partial charge in [-0.2, -0.15) is 0 Å². The molecule has 5 nitrogen and oxygen atoms in total. The summed E-state index contributed by atoms with van der Waals surface area (Å²) in [4.78, 5) is 23.2. The van der Waals surface area contributed by atoms with Gasteiger partial charge in [-0.15, -0.1) is 0 Å². The Morgan fingerprint density at radius 2 is 1.83 bits per heavy atom. The zero-order valence-corrected chi connectivity index (χ0v) is 14.2. The van der Waals surface area contributed by atoms with Crippen LogP contribution < -0.4 is 0 Å². The van der Waals surface area contributed by atoms with Gasteiger partial charge in [-0.3, -0.25) is 14.9 Å². The standard InChI is InChI=1S/C18H17NO4S/c1-11-6-12(2)8-13(7-11)18(21)10-14(24)9-15-16(19(22)23)4-3-5-17(15)20/h3-8,20H,9-10H2,1-2H3. The minimum atomic E-state index is -0.566. The lowest BCUT2D eigenvalue weighted by molar-refractivity contribution is -0.385. The van der Waals surface area contributed by atoms with Crippen molar-refractivity contribution in [2.45, 2.75) is 26.7 Å². The summed E-state index contributed by atoms with van der Waals surface area (Å²) in [6.07, 6.45) is 0.0125. The largest absolute Gasteiger partial charge is 0.507 e. The zero-order chi connectivity index (χ0) is 17.9. The minimum absolute atomic E-state index is 0.00369. The first-order valence-corrected chi connectivity index (χ1v) is 7.77. The Bertz CT molecular complexity index is 810. The molecule has 0 saturated carbocycles. The molecule has 0 aliphatic carbocycles. The lowest BCUT2D eigenvalue weighted by Gasteiger charge is -2.08. The van der Waals surface area contributed by atoms with Gasteiger partial charge in [0.15, 0.2) is 5.78 Å². The predicted molar refractivity (Wildman–Crippen MR) is 95.9 cm³/mol. The van der Waals surface area contributed by atoms with Crippen molar-refractivity contribution in [2.24, 2.45) is 0 Å². The molecule has 2 aromatic carbocycles. The molecule has 0 aliphatic heterocycles. The molecule has 0 fully saturated rings. The van der Waals surface area contributed by atoms with Gasteiger partial charge in [0, 0.05) is 29.3 Å². The number of nitrogens with zero attached hydrogens (tertiary/aromatic N) is 1. The summed E-state index contributed by atoms with van der Waals surface area (Å²) in [5.74, 6) is -0.324. The van der Waals surface area contributed by atoms with E-state index in [1.807, 2.05) is 19.9 Å². The highest BCUT2D eigenvalue weighted by Crippen LogP contribution is 2.28. The number of aromatic hydroxyl groups is 1. The summed E-state index contributed by atoms with van der Waals surface area (Å²) in [6.45, 7) is 3.82. The molecular formula is C18H17NO4S. The second-order valence-electron chi connectivity index (χ2n) is 5.72. The molecule has 0 amide bonds. The van der Waals surface area contributed by atoms with Crippen LogP contribution in [0, 0.1) is 24.0 Å². The first-order chi connectivity index (χ1) is 11.3. The fourth-order valence-corrected chi connectivity index (χ4v) is 2.87. The fraction of sp³-hybridized carbons (Fsp3) is 0.222. The molecule has 0 spiro atoms. The monoisotopic (exact) mass is 343 g/mol. The van der Waals surface area contributed by atoms with Gasteiger partial charge < -0.3 is 5.11 Å². The van der Waals surface area contributed by atoms with E-state index < -0.39 is 4.92 Å². The molecule has 2 aromatic rings. The summed E-state index contributed by atoms with van der Waals surface area (Å²) in [7, 11) is 0. The van der Waals surface area contributed by atoms with Gasteiger partial charge in [0.2, 0.25) is 0 Å². The zero-order valence-electron chi connectivity index (χ0n) is 13.4. The van der Waals surface area contributed by atoms with Crippen molar-refractivity contribution in [3.8, 4) is 5.75 Å². The van der Waals surface area contributed by atoms with Gasteiger partial charge in [0.25, 0.3) is 5.69 Å². The summed E-state index contributed by atoms with van der Waals surface area (Å²) in [5.41, 5.74) is 2.49. The number of carbonyl (C=O) groups excluding carboxylic acids is 1. The number of carbonyl (C=O) groups is 1. The van der Waals surface area contributed by atoms with Gasteiger partial charge in [-0.05, 0) is 32.0 Å². The van der Waals surface area contributed by atoms with Crippen LogP contribution in [0.15, 0.2) is 36.4 Å². The SMILES string of the molecule is Cc1cc(C)cc(C(=O)CC(=S)Cc2c(O)cccc2[N+](=O)[O-])c1. The van der Waals surface area contributed by atoms with Crippen molar-refractivity contribution in [1.29, 1.82) is 0 Å². The van der Waals surface area contributed by atoms with Crippen LogP contribution in [0.3, 0.4) is 0 Å². The predicted octanol–water partition coefficient (Wildman–Crippen LogP) is 4.10. The molecular weight excluding hydrogens is 326 g/mol. The van der Waals surface area contributed by atoms with E-state index >= 15 is 0 Å². The molecule has 1 N–H and O–H groups in total. The lowest BCUT2D eigenvalue weighted by Crippen LogP contribution is -2.10. The van der Waals surface area contributed by atoms with E-state index in [0.717, 1.165) is 11.1 Å². The Labute approximate surface area is 145 Å². The molecule has 0 unspecified atom stereocenters. The van der Waals surface area contributed by atoms with E-state index in [9.17, 15) is 20.0 Å². The van der Waals surface area contributed by atoms with Crippen LogP contribution >= 0.6 is 12.2 Å². The Kier molecular flexibility index (Phi) is 5.41. The van der Waals surface area contributed by atoms with E-state index in [1.54, 1.807) is 12.1 Å². The number of Topliss-reactive ketones (excluding diaryl/α,β-unsaturated/α-hetero) is 1. The highest BCUT2D eigenvalue weighted by molar-refractivity contribution is 7.80. The molecule has 124 valence electrons. The number of phenolic OH excluding ortho intramolecular Hbond substituents is 1. The van der Waals surface area contributed by atoms with Crippen LogP contribution in [-0.2, 0) is 6.42 Å². The second kappa shape index (κ2) is 7.31. The number of nitro benzene ring substituents is 1. The molecule has 0 aromatic heterocycles. The van der Waals surface area contributed by atoms with Crippen LogP contribution in [0.2, 0.25) is 0 Å². The van der Waals surface area contributed by atoms with E-state index in [1.165, 1.54) is 18.2 Å². The summed E-state index contributed by atoms with van der Waals surface area (Å²) in [6, 6.07) is 9.64. The maximum absolute atomic E-state index is 12.4. The molecule has 0 radical (unpaired) electrons. The highest BCUT2D eigenvalue weighted by Gasteiger charge is 2.20. The summed E-state index contributed by atoms with van der Waals surface area (Å²) in [5, 5.41) is 20.9. The number of thiocarbonyl (C=S) groups is 1. The molecule has 0 saturated heterocycles. The molecule has 0 bridgehead atoms. The van der Waals surface area contributed by atoms with Crippen LogP contribution in [0.5, 0.6) is 5.75 Å². The Hall–Kier alpha value is -2.60. The number of rotatable bonds is 6. The average molecular weight is 343 g/mol. The number of hydrogen-bond acceptors (Lipinski definition) is 5. The highest BCUT2D eigenvalue weighted by atomic mass is 32.1. The first kappa shape index (κ1) is 17.7. The molecule has 0 heterocycles. The Morgan fingerprint density at radius 3 is 2.42 bits per heavy atom. The summed E-state index contributed by atoms with van der Waals surface area (Å²) < 4.78 is 0. The van der Waals surface area contributed by atoms with Crippen LogP contribution in [0.1, 0.15) is 33.5 Å². The molecule has 24 heavy (non-hydrogen) atoms. The quantitative estimate of drug-likeness (QED) is 0.370. The normalized spacial score (nSPS) is 10.4. The van der Waals surface area contributed by atoms with Crippen LogP contribution in [-0.4, -0.2) is 20.7 Å². The first-order valence-electron chi connectivity index (χ1n) is 7.36. The van der Waals surface area contributed by atoms with Gasteiger partial charge >= 0.3 is 0 Å². The van der Waals surface area contributed by atoms with Crippen molar-refractivity contribution < 1.29 is 14.8 Å². The topological polar surface area (TPSA) is 80.4 Å². The van der Waals surface area contributed by atoms with E-state index in [4.69, 9.17) is 12.2 Å². The number of benzene rings is 2. The van der Waals surface area contributed by atoms with E-state index in [0.29, 0.717) is 10.4 Å². The molecule has 0 atom stereocenters. The number of aryl methyl sites for hydroxylation is 2. The van der Waals surface area contributed by atoms with Crippen LogP contribution in [0.4, 0.5) is 5.69 Å². The molecule has 6 heteroatoms. The summed E-state index contributed by atoms with van der Waals surface area (Å²) >= 11 is 5.23. The third-order valence-electron chi connectivity index (χ3n) is 3.60.